The van der Waals surface area contributed by atoms with E-state index in [-0.39, 0.29) is 0 Å². The van der Waals surface area contributed by atoms with Crippen molar-refractivity contribution in [1.29, 1.82) is 0 Å². The summed E-state index contributed by atoms with van der Waals surface area (Å²) in [5.41, 5.74) is 2.19. The van der Waals surface area contributed by atoms with Gasteiger partial charge in [-0.05, 0) is 18.2 Å². The van der Waals surface area contributed by atoms with Crippen molar-refractivity contribution in [3.05, 3.63) is 54.6 Å². The second-order valence-electron chi connectivity index (χ2n) is 6.56. The third-order valence-corrected chi connectivity index (χ3v) is 4.78. The summed E-state index contributed by atoms with van der Waals surface area (Å²) in [5.74, 6) is 0.823. The van der Waals surface area contributed by atoms with Crippen molar-refractivity contribution < 1.29 is 9.84 Å². The Hall–Kier alpha value is -1.88. The Morgan fingerprint density at radius 2 is 1.56 bits per heavy atom. The third-order valence-electron chi connectivity index (χ3n) is 4.78. The molecule has 25 heavy (non-hydrogen) atoms. The lowest BCUT2D eigenvalue weighted by molar-refractivity contribution is 0.0472. The lowest BCUT2D eigenvalue weighted by Gasteiger charge is -2.34. The van der Waals surface area contributed by atoms with Crippen LogP contribution in [0.5, 0.6) is 5.75 Å². The van der Waals surface area contributed by atoms with Gasteiger partial charge in [0.15, 0.2) is 0 Å². The molecule has 2 aromatic carbocycles. The first kappa shape index (κ1) is 17.9. The number of likely N-dealkylation sites (N-methyl/N-ethyl adjacent to an activating group) is 1. The van der Waals surface area contributed by atoms with Crippen LogP contribution in [-0.4, -0.2) is 66.9 Å². The highest BCUT2D eigenvalue weighted by molar-refractivity contribution is 5.70. The molecule has 0 bridgehead atoms. The molecular formula is C21H28N2O2. The zero-order valence-corrected chi connectivity index (χ0v) is 15.0. The van der Waals surface area contributed by atoms with Crippen LogP contribution >= 0.6 is 0 Å². The maximum Gasteiger partial charge on any atom is 0.127 e. The summed E-state index contributed by atoms with van der Waals surface area (Å²) < 4.78 is 5.95. The minimum absolute atomic E-state index is 0.317. The van der Waals surface area contributed by atoms with Crippen LogP contribution in [0.25, 0.3) is 11.1 Å². The Labute approximate surface area is 150 Å². The quantitative estimate of drug-likeness (QED) is 0.841. The van der Waals surface area contributed by atoms with Crippen LogP contribution in [0.1, 0.15) is 6.92 Å². The van der Waals surface area contributed by atoms with Gasteiger partial charge in [0.25, 0.3) is 0 Å². The molecule has 1 heterocycles. The Morgan fingerprint density at radius 3 is 2.28 bits per heavy atom. The molecule has 0 spiro atoms. The summed E-state index contributed by atoms with van der Waals surface area (Å²) in [6.07, 6.45) is -0.475. The Bertz CT molecular complexity index is 639. The number of para-hydroxylation sites is 1. The molecule has 0 amide bonds. The van der Waals surface area contributed by atoms with Crippen LogP contribution in [0.2, 0.25) is 0 Å². The first-order valence-electron chi connectivity index (χ1n) is 9.16. The molecule has 0 aliphatic carbocycles. The highest BCUT2D eigenvalue weighted by atomic mass is 16.5. The minimum Gasteiger partial charge on any atom is -0.490 e. The van der Waals surface area contributed by atoms with E-state index in [2.05, 4.69) is 34.9 Å². The predicted octanol–water partition coefficient (Wildman–Crippen LogP) is 2.73. The number of rotatable bonds is 7. The van der Waals surface area contributed by atoms with E-state index in [1.807, 2.05) is 36.4 Å². The fourth-order valence-corrected chi connectivity index (χ4v) is 3.27. The Morgan fingerprint density at radius 1 is 0.920 bits per heavy atom. The first-order chi connectivity index (χ1) is 12.3. The smallest absolute Gasteiger partial charge is 0.127 e. The lowest BCUT2D eigenvalue weighted by atomic mass is 10.1. The summed E-state index contributed by atoms with van der Waals surface area (Å²) in [5, 5.41) is 10.4. The third kappa shape index (κ3) is 5.05. The molecule has 1 aliphatic heterocycles. The van der Waals surface area contributed by atoms with Gasteiger partial charge in [-0.3, -0.25) is 4.90 Å². The van der Waals surface area contributed by atoms with Crippen LogP contribution in [0, 0.1) is 0 Å². The van der Waals surface area contributed by atoms with Gasteiger partial charge in [-0.15, -0.1) is 0 Å². The normalized spacial score (nSPS) is 17.4. The van der Waals surface area contributed by atoms with E-state index < -0.39 is 6.10 Å². The molecule has 1 fully saturated rings. The van der Waals surface area contributed by atoms with E-state index in [0.29, 0.717) is 13.2 Å². The fraction of sp³-hybridized carbons (Fsp3) is 0.429. The number of hydrogen-bond donors (Lipinski definition) is 1. The van der Waals surface area contributed by atoms with E-state index in [9.17, 15) is 5.11 Å². The average molecular weight is 340 g/mol. The predicted molar refractivity (Wildman–Crippen MR) is 102 cm³/mol. The van der Waals surface area contributed by atoms with Crippen molar-refractivity contribution in [1.82, 2.24) is 9.80 Å². The van der Waals surface area contributed by atoms with Crippen molar-refractivity contribution >= 4 is 0 Å². The topological polar surface area (TPSA) is 35.9 Å². The number of aliphatic hydroxyl groups is 1. The molecule has 1 aliphatic rings. The molecule has 1 N–H and O–H groups in total. The number of ether oxygens (including phenoxy) is 1. The van der Waals surface area contributed by atoms with Crippen LogP contribution in [-0.2, 0) is 0 Å². The molecule has 4 nitrogen and oxygen atoms in total. The second-order valence-corrected chi connectivity index (χ2v) is 6.56. The van der Waals surface area contributed by atoms with Gasteiger partial charge in [0.05, 0.1) is 0 Å². The molecule has 1 atom stereocenters. The van der Waals surface area contributed by atoms with Crippen molar-refractivity contribution in [2.45, 2.75) is 13.0 Å². The molecule has 0 unspecified atom stereocenters. The summed E-state index contributed by atoms with van der Waals surface area (Å²) in [6.45, 7) is 8.50. The molecule has 4 heteroatoms. The minimum atomic E-state index is -0.475. The van der Waals surface area contributed by atoms with Crippen molar-refractivity contribution in [2.24, 2.45) is 0 Å². The summed E-state index contributed by atoms with van der Waals surface area (Å²) in [6, 6.07) is 18.2. The van der Waals surface area contributed by atoms with Crippen molar-refractivity contribution in [2.75, 3.05) is 45.9 Å². The molecule has 0 radical (unpaired) electrons. The lowest BCUT2D eigenvalue weighted by Crippen LogP contribution is -2.49. The number of β-amino-alcohol motifs (C(OH)–C–C–N with tert-alkyl or cyclic N) is 1. The molecule has 134 valence electrons. The molecule has 2 aromatic rings. The summed E-state index contributed by atoms with van der Waals surface area (Å²) in [7, 11) is 0. The first-order valence-corrected chi connectivity index (χ1v) is 9.16. The van der Waals surface area contributed by atoms with Gasteiger partial charge >= 0.3 is 0 Å². The van der Waals surface area contributed by atoms with Gasteiger partial charge < -0.3 is 14.7 Å². The molecule has 0 saturated carbocycles. The second kappa shape index (κ2) is 8.99. The monoisotopic (exact) mass is 340 g/mol. The standard InChI is InChI=1S/C21H28N2O2/c1-2-22-12-14-23(15-13-22)16-19(24)17-25-21-11-7-6-10-20(21)18-8-4-3-5-9-18/h3-11,19,24H,2,12-17H2,1H3/t19-/m0/s1. The Kier molecular flexibility index (Phi) is 6.45. The molecule has 0 aromatic heterocycles. The maximum atomic E-state index is 10.4. The van der Waals surface area contributed by atoms with Crippen molar-refractivity contribution in [3.8, 4) is 16.9 Å². The van der Waals surface area contributed by atoms with E-state index in [4.69, 9.17) is 4.74 Å². The molecule has 1 saturated heterocycles. The van der Waals surface area contributed by atoms with Gasteiger partial charge in [0, 0.05) is 38.3 Å². The van der Waals surface area contributed by atoms with Crippen LogP contribution in [0.4, 0.5) is 0 Å². The summed E-state index contributed by atoms with van der Waals surface area (Å²) >= 11 is 0. The maximum absolute atomic E-state index is 10.4. The van der Waals surface area contributed by atoms with E-state index >= 15 is 0 Å². The van der Waals surface area contributed by atoms with Gasteiger partial charge in [0.2, 0.25) is 0 Å². The molecular weight excluding hydrogens is 312 g/mol. The average Bonchev–Trinajstić information content (AvgIpc) is 2.68. The van der Waals surface area contributed by atoms with Crippen LogP contribution in [0.15, 0.2) is 54.6 Å². The highest BCUT2D eigenvalue weighted by Crippen LogP contribution is 2.29. The summed E-state index contributed by atoms with van der Waals surface area (Å²) in [4.78, 5) is 4.76. The number of hydrogen-bond acceptors (Lipinski definition) is 4. The van der Waals surface area contributed by atoms with E-state index in [1.54, 1.807) is 0 Å². The van der Waals surface area contributed by atoms with Crippen LogP contribution < -0.4 is 4.74 Å². The van der Waals surface area contributed by atoms with Gasteiger partial charge in [0.1, 0.15) is 18.5 Å². The van der Waals surface area contributed by atoms with Gasteiger partial charge in [-0.2, -0.15) is 0 Å². The van der Waals surface area contributed by atoms with E-state index in [0.717, 1.165) is 49.6 Å². The van der Waals surface area contributed by atoms with E-state index in [1.165, 1.54) is 0 Å². The van der Waals surface area contributed by atoms with Crippen molar-refractivity contribution in [3.63, 3.8) is 0 Å². The zero-order chi connectivity index (χ0) is 17.5. The van der Waals surface area contributed by atoms with Gasteiger partial charge in [-0.1, -0.05) is 55.5 Å². The fourth-order valence-electron chi connectivity index (χ4n) is 3.27. The SMILES string of the molecule is CCN1CCN(C[C@H](O)COc2ccccc2-c2ccccc2)CC1. The zero-order valence-electron chi connectivity index (χ0n) is 15.0. The molecule has 3 rings (SSSR count). The number of nitrogens with zero attached hydrogens (tertiary/aromatic N) is 2. The highest BCUT2D eigenvalue weighted by Gasteiger charge is 2.18. The number of piperazine rings is 1. The largest absolute Gasteiger partial charge is 0.490 e. The Balaban J connectivity index is 1.54. The number of benzene rings is 2. The van der Waals surface area contributed by atoms with Crippen LogP contribution in [0.3, 0.4) is 0 Å². The number of aliphatic hydroxyl groups excluding tert-OH is 1. The van der Waals surface area contributed by atoms with Gasteiger partial charge in [-0.25, -0.2) is 0 Å².